The summed E-state index contributed by atoms with van der Waals surface area (Å²) in [6.45, 7) is 0.427. The monoisotopic (exact) mass is 256 g/mol. The third-order valence-electron chi connectivity index (χ3n) is 3.13. The van der Waals surface area contributed by atoms with Crippen LogP contribution in [0.4, 0.5) is 4.39 Å². The molecule has 0 aliphatic heterocycles. The quantitative estimate of drug-likeness (QED) is 0.870. The second-order valence-electron chi connectivity index (χ2n) is 4.53. The van der Waals surface area contributed by atoms with E-state index in [1.807, 2.05) is 0 Å². The van der Waals surface area contributed by atoms with Crippen molar-refractivity contribution in [3.8, 4) is 0 Å². The molecule has 0 atom stereocenters. The van der Waals surface area contributed by atoms with Gasteiger partial charge in [-0.05, 0) is 37.5 Å². The van der Waals surface area contributed by atoms with Gasteiger partial charge in [0.05, 0.1) is 5.02 Å². The van der Waals surface area contributed by atoms with Crippen molar-refractivity contribution in [2.75, 3.05) is 6.54 Å². The maximum atomic E-state index is 13.2. The molecule has 0 bridgehead atoms. The average molecular weight is 257 g/mol. The second-order valence-corrected chi connectivity index (χ2v) is 4.93. The van der Waals surface area contributed by atoms with Crippen LogP contribution in [0.15, 0.2) is 18.2 Å². The molecule has 3 N–H and O–H groups in total. The lowest BCUT2D eigenvalue weighted by Crippen LogP contribution is -2.54. The lowest BCUT2D eigenvalue weighted by atomic mass is 9.78. The zero-order valence-corrected chi connectivity index (χ0v) is 10.1. The maximum Gasteiger partial charge on any atom is 0.251 e. The van der Waals surface area contributed by atoms with Gasteiger partial charge in [-0.15, -0.1) is 0 Å². The molecule has 0 spiro atoms. The summed E-state index contributed by atoms with van der Waals surface area (Å²) in [6.07, 6.45) is 2.94. The van der Waals surface area contributed by atoms with E-state index >= 15 is 0 Å². The van der Waals surface area contributed by atoms with Gasteiger partial charge in [0, 0.05) is 17.6 Å². The van der Waals surface area contributed by atoms with Gasteiger partial charge in [0.2, 0.25) is 0 Å². The molecule has 92 valence electrons. The Morgan fingerprint density at radius 1 is 1.53 bits per heavy atom. The van der Waals surface area contributed by atoms with Gasteiger partial charge >= 0.3 is 0 Å². The molecule has 1 fully saturated rings. The normalized spacial score (nSPS) is 17.4. The minimum Gasteiger partial charge on any atom is -0.350 e. The molecular weight excluding hydrogens is 243 g/mol. The molecule has 1 aromatic carbocycles. The van der Waals surface area contributed by atoms with E-state index in [1.165, 1.54) is 12.1 Å². The van der Waals surface area contributed by atoms with Crippen molar-refractivity contribution < 1.29 is 9.18 Å². The minimum atomic E-state index is -0.592. The van der Waals surface area contributed by atoms with Gasteiger partial charge in [-0.1, -0.05) is 11.6 Å². The van der Waals surface area contributed by atoms with E-state index in [0.29, 0.717) is 6.54 Å². The number of carbonyl (C=O) groups excluding carboxylic acids is 1. The molecule has 0 saturated heterocycles. The predicted molar refractivity (Wildman–Crippen MR) is 64.5 cm³/mol. The zero-order valence-electron chi connectivity index (χ0n) is 9.30. The number of nitrogens with two attached hydrogens (primary N) is 1. The van der Waals surface area contributed by atoms with Gasteiger partial charge in [0.1, 0.15) is 5.82 Å². The molecule has 3 nitrogen and oxygen atoms in total. The van der Waals surface area contributed by atoms with Crippen LogP contribution >= 0.6 is 11.6 Å². The Hall–Kier alpha value is -1.13. The van der Waals surface area contributed by atoms with Crippen molar-refractivity contribution in [3.63, 3.8) is 0 Å². The van der Waals surface area contributed by atoms with Gasteiger partial charge in [-0.25, -0.2) is 4.39 Å². The fourth-order valence-electron chi connectivity index (χ4n) is 1.80. The van der Waals surface area contributed by atoms with Crippen LogP contribution in [0, 0.1) is 5.82 Å². The summed E-state index contributed by atoms with van der Waals surface area (Å²) < 4.78 is 13.2. The largest absolute Gasteiger partial charge is 0.350 e. The summed E-state index contributed by atoms with van der Waals surface area (Å²) >= 11 is 5.54. The van der Waals surface area contributed by atoms with E-state index in [0.717, 1.165) is 25.3 Å². The summed E-state index contributed by atoms with van der Waals surface area (Å²) in [4.78, 5) is 11.7. The smallest absolute Gasteiger partial charge is 0.251 e. The highest BCUT2D eigenvalue weighted by molar-refractivity contribution is 6.30. The standard InChI is InChI=1S/C12H14ClFN2O/c13-9-3-2-8(6-10(9)14)11(17)16-7-12(15)4-1-5-12/h2-3,6H,1,4-5,7,15H2,(H,16,17). The highest BCUT2D eigenvalue weighted by Gasteiger charge is 2.32. The van der Waals surface area contributed by atoms with Gasteiger partial charge in [0.25, 0.3) is 5.91 Å². The SMILES string of the molecule is NC1(CNC(=O)c2ccc(Cl)c(F)c2)CCC1. The summed E-state index contributed by atoms with van der Waals surface area (Å²) in [5.74, 6) is -0.914. The Morgan fingerprint density at radius 2 is 2.24 bits per heavy atom. The Labute approximate surface area is 104 Å². The van der Waals surface area contributed by atoms with Crippen molar-refractivity contribution in [1.82, 2.24) is 5.32 Å². The van der Waals surface area contributed by atoms with E-state index in [4.69, 9.17) is 17.3 Å². The molecule has 1 aliphatic rings. The van der Waals surface area contributed by atoms with E-state index < -0.39 is 5.82 Å². The number of nitrogens with one attached hydrogen (secondary N) is 1. The second kappa shape index (κ2) is 4.63. The molecule has 5 heteroatoms. The van der Waals surface area contributed by atoms with Crippen molar-refractivity contribution in [1.29, 1.82) is 0 Å². The molecule has 0 heterocycles. The third-order valence-corrected chi connectivity index (χ3v) is 3.44. The lowest BCUT2D eigenvalue weighted by molar-refractivity contribution is 0.0929. The van der Waals surface area contributed by atoms with E-state index in [9.17, 15) is 9.18 Å². The number of halogens is 2. The Kier molecular flexibility index (Phi) is 3.35. The first-order valence-electron chi connectivity index (χ1n) is 5.52. The molecular formula is C12H14ClFN2O. The van der Waals surface area contributed by atoms with E-state index in [2.05, 4.69) is 5.32 Å². The van der Waals surface area contributed by atoms with Crippen LogP contribution in [-0.2, 0) is 0 Å². The number of carbonyl (C=O) groups is 1. The molecule has 1 amide bonds. The first-order valence-corrected chi connectivity index (χ1v) is 5.90. The number of hydrogen-bond acceptors (Lipinski definition) is 2. The predicted octanol–water partition coefficient (Wildman–Crippen LogP) is 2.09. The van der Waals surface area contributed by atoms with Crippen molar-refractivity contribution in [2.45, 2.75) is 24.8 Å². The Bertz CT molecular complexity index is 446. The van der Waals surface area contributed by atoms with Crippen molar-refractivity contribution in [2.24, 2.45) is 5.73 Å². The van der Waals surface area contributed by atoms with Crippen LogP contribution in [-0.4, -0.2) is 18.0 Å². The molecule has 0 aromatic heterocycles. The highest BCUT2D eigenvalue weighted by atomic mass is 35.5. The molecule has 1 aliphatic carbocycles. The van der Waals surface area contributed by atoms with Gasteiger partial charge in [-0.2, -0.15) is 0 Å². The van der Waals surface area contributed by atoms with E-state index in [-0.39, 0.29) is 22.0 Å². The summed E-state index contributed by atoms with van der Waals surface area (Å²) in [6, 6.07) is 3.99. The maximum absolute atomic E-state index is 13.2. The van der Waals surface area contributed by atoms with Crippen LogP contribution in [0.25, 0.3) is 0 Å². The van der Waals surface area contributed by atoms with Gasteiger partial charge in [0.15, 0.2) is 0 Å². The summed E-state index contributed by atoms with van der Waals surface area (Å²) in [5.41, 5.74) is 5.96. The van der Waals surface area contributed by atoms with Crippen LogP contribution in [0.5, 0.6) is 0 Å². The molecule has 0 unspecified atom stereocenters. The molecule has 0 radical (unpaired) electrons. The number of amides is 1. The summed E-state index contributed by atoms with van der Waals surface area (Å²) in [5, 5.41) is 2.72. The first-order chi connectivity index (χ1) is 8.00. The Morgan fingerprint density at radius 3 is 2.76 bits per heavy atom. The third kappa shape index (κ3) is 2.76. The first kappa shape index (κ1) is 12.3. The highest BCUT2D eigenvalue weighted by Crippen LogP contribution is 2.28. The minimum absolute atomic E-state index is 0.0100. The fraction of sp³-hybridized carbons (Fsp3) is 0.417. The topological polar surface area (TPSA) is 55.1 Å². The van der Waals surface area contributed by atoms with E-state index in [1.54, 1.807) is 0 Å². The molecule has 17 heavy (non-hydrogen) atoms. The molecule has 2 rings (SSSR count). The average Bonchev–Trinajstić information content (AvgIpc) is 2.27. The van der Waals surface area contributed by atoms with Crippen LogP contribution in [0.1, 0.15) is 29.6 Å². The summed E-state index contributed by atoms with van der Waals surface area (Å²) in [7, 11) is 0. The lowest BCUT2D eigenvalue weighted by Gasteiger charge is -2.38. The van der Waals surface area contributed by atoms with Gasteiger partial charge in [-0.3, -0.25) is 4.79 Å². The molecule has 1 saturated carbocycles. The van der Waals surface area contributed by atoms with Crippen molar-refractivity contribution >= 4 is 17.5 Å². The van der Waals surface area contributed by atoms with Gasteiger partial charge < -0.3 is 11.1 Å². The number of benzene rings is 1. The number of hydrogen-bond donors (Lipinski definition) is 2. The Balaban J connectivity index is 1.97. The number of rotatable bonds is 3. The van der Waals surface area contributed by atoms with Crippen LogP contribution in [0.2, 0.25) is 5.02 Å². The van der Waals surface area contributed by atoms with Crippen LogP contribution < -0.4 is 11.1 Å². The zero-order chi connectivity index (χ0) is 12.5. The molecule has 1 aromatic rings. The van der Waals surface area contributed by atoms with Crippen LogP contribution in [0.3, 0.4) is 0 Å². The fourth-order valence-corrected chi connectivity index (χ4v) is 1.92. The van der Waals surface area contributed by atoms with Crippen molar-refractivity contribution in [3.05, 3.63) is 34.6 Å².